The highest BCUT2D eigenvalue weighted by Gasteiger charge is 2.31. The van der Waals surface area contributed by atoms with Gasteiger partial charge >= 0.3 is 6.36 Å². The maximum absolute atomic E-state index is 12.2. The van der Waals surface area contributed by atoms with Crippen molar-refractivity contribution < 1.29 is 31.2 Å². The van der Waals surface area contributed by atoms with Gasteiger partial charge in [-0.3, -0.25) is 14.8 Å². The maximum Gasteiger partial charge on any atom is 0.573 e. The van der Waals surface area contributed by atoms with Gasteiger partial charge in [0.15, 0.2) is 0 Å². The molecule has 0 aliphatic rings. The lowest BCUT2D eigenvalue weighted by molar-refractivity contribution is -0.384. The van der Waals surface area contributed by atoms with Crippen LogP contribution in [0.25, 0.3) is 0 Å². The summed E-state index contributed by atoms with van der Waals surface area (Å²) >= 11 is 3.03. The average Bonchev–Trinajstić information content (AvgIpc) is 2.47. The molecule has 0 amide bonds. The molecule has 0 aromatic heterocycles. The number of alkyl halides is 3. The van der Waals surface area contributed by atoms with Crippen LogP contribution in [-0.4, -0.2) is 19.7 Å². The third-order valence-corrected chi connectivity index (χ3v) is 4.64. The summed E-state index contributed by atoms with van der Waals surface area (Å²) in [6.45, 7) is 0. The summed E-state index contributed by atoms with van der Waals surface area (Å²) in [7, 11) is -4.25. The van der Waals surface area contributed by atoms with Gasteiger partial charge in [0.05, 0.1) is 9.82 Å². The summed E-state index contributed by atoms with van der Waals surface area (Å²) in [4.78, 5) is 9.84. The highest BCUT2D eigenvalue weighted by atomic mass is 79.9. The summed E-state index contributed by atoms with van der Waals surface area (Å²) in [5.41, 5.74) is -0.779. The predicted molar refractivity (Wildman–Crippen MR) is 84.7 cm³/mol. The van der Waals surface area contributed by atoms with E-state index in [4.69, 9.17) is 0 Å². The Bertz CT molecular complexity index is 901. The first-order chi connectivity index (χ1) is 11.5. The molecule has 2 aromatic rings. The zero-order chi connectivity index (χ0) is 18.8. The number of rotatable bonds is 5. The second-order valence-electron chi connectivity index (χ2n) is 4.54. The molecule has 0 bridgehead atoms. The van der Waals surface area contributed by atoms with Crippen molar-refractivity contribution in [2.24, 2.45) is 0 Å². The second-order valence-corrected chi connectivity index (χ2v) is 7.14. The standard InChI is InChI=1S/C13H8BrF3N2O5S/c14-8-1-6-11(12(7-8)19(20)21)18-25(22,23)10-4-2-9(3-5-10)24-13(15,16)17/h1-7,18H. The summed E-state index contributed by atoms with van der Waals surface area (Å²) < 4.78 is 66.8. The predicted octanol–water partition coefficient (Wildman–Crippen LogP) is 4.06. The molecule has 0 saturated heterocycles. The lowest BCUT2D eigenvalue weighted by Gasteiger charge is -2.11. The van der Waals surface area contributed by atoms with E-state index in [1.807, 2.05) is 4.72 Å². The smallest absolute Gasteiger partial charge is 0.406 e. The van der Waals surface area contributed by atoms with E-state index in [2.05, 4.69) is 20.7 Å². The minimum absolute atomic E-state index is 0.288. The van der Waals surface area contributed by atoms with Gasteiger partial charge in [-0.05, 0) is 36.4 Å². The molecule has 7 nitrogen and oxygen atoms in total. The summed E-state index contributed by atoms with van der Waals surface area (Å²) in [5.74, 6) is -0.596. The number of benzene rings is 2. The SMILES string of the molecule is O=[N+]([O-])c1cc(Br)ccc1NS(=O)(=O)c1ccc(OC(F)(F)F)cc1. The molecule has 1 N–H and O–H groups in total. The largest absolute Gasteiger partial charge is 0.573 e. The van der Waals surface area contributed by atoms with Crippen LogP contribution in [0.4, 0.5) is 24.5 Å². The number of nitro benzene ring substituents is 1. The Hall–Kier alpha value is -2.34. The van der Waals surface area contributed by atoms with Gasteiger partial charge < -0.3 is 4.74 Å². The molecule has 134 valence electrons. The Morgan fingerprint density at radius 3 is 2.24 bits per heavy atom. The van der Waals surface area contributed by atoms with Crippen LogP contribution < -0.4 is 9.46 Å². The first-order valence-electron chi connectivity index (χ1n) is 6.30. The molecule has 0 fully saturated rings. The van der Waals surface area contributed by atoms with Crippen LogP contribution in [0.15, 0.2) is 51.8 Å². The quantitative estimate of drug-likeness (QED) is 0.558. The van der Waals surface area contributed by atoms with Gasteiger partial charge in [-0.15, -0.1) is 13.2 Å². The van der Waals surface area contributed by atoms with Crippen molar-refractivity contribution in [1.82, 2.24) is 0 Å². The van der Waals surface area contributed by atoms with Crippen LogP contribution >= 0.6 is 15.9 Å². The first-order valence-corrected chi connectivity index (χ1v) is 8.58. The van der Waals surface area contributed by atoms with E-state index >= 15 is 0 Å². The number of hydrogen-bond donors (Lipinski definition) is 1. The van der Waals surface area contributed by atoms with Crippen LogP contribution in [0.2, 0.25) is 0 Å². The van der Waals surface area contributed by atoms with Crippen LogP contribution in [0.5, 0.6) is 5.75 Å². The molecule has 0 saturated carbocycles. The van der Waals surface area contributed by atoms with Crippen molar-refractivity contribution >= 4 is 37.3 Å². The number of anilines is 1. The Kier molecular flexibility index (Phi) is 5.23. The Morgan fingerprint density at radius 1 is 1.12 bits per heavy atom. The summed E-state index contributed by atoms with van der Waals surface area (Å²) in [6.07, 6.45) is -4.91. The molecule has 2 aromatic carbocycles. The van der Waals surface area contributed by atoms with Crippen LogP contribution in [0.3, 0.4) is 0 Å². The maximum atomic E-state index is 12.2. The molecule has 0 aliphatic carbocycles. The average molecular weight is 441 g/mol. The number of ether oxygens (including phenoxy) is 1. The number of nitrogens with one attached hydrogen (secondary N) is 1. The molecule has 0 atom stereocenters. The van der Waals surface area contributed by atoms with Crippen molar-refractivity contribution in [3.63, 3.8) is 0 Å². The lowest BCUT2D eigenvalue weighted by Crippen LogP contribution is -2.17. The molecule has 0 radical (unpaired) electrons. The molecule has 0 heterocycles. The van der Waals surface area contributed by atoms with Gasteiger partial charge in [0.25, 0.3) is 15.7 Å². The second kappa shape index (κ2) is 6.88. The molecular weight excluding hydrogens is 433 g/mol. The zero-order valence-electron chi connectivity index (χ0n) is 12.0. The highest BCUT2D eigenvalue weighted by Crippen LogP contribution is 2.30. The Morgan fingerprint density at radius 2 is 1.72 bits per heavy atom. The van der Waals surface area contributed by atoms with E-state index < -0.39 is 32.7 Å². The molecule has 0 unspecified atom stereocenters. The highest BCUT2D eigenvalue weighted by molar-refractivity contribution is 9.10. The van der Waals surface area contributed by atoms with E-state index in [0.29, 0.717) is 4.47 Å². The third kappa shape index (κ3) is 5.06. The van der Waals surface area contributed by atoms with Gasteiger partial charge in [0, 0.05) is 10.5 Å². The monoisotopic (exact) mass is 440 g/mol. The van der Waals surface area contributed by atoms with E-state index in [0.717, 1.165) is 30.3 Å². The topological polar surface area (TPSA) is 98.5 Å². The van der Waals surface area contributed by atoms with Crippen molar-refractivity contribution in [2.45, 2.75) is 11.3 Å². The van der Waals surface area contributed by atoms with Gasteiger partial charge in [-0.25, -0.2) is 8.42 Å². The minimum atomic E-state index is -4.91. The molecule has 0 aliphatic heterocycles. The number of sulfonamides is 1. The van der Waals surface area contributed by atoms with Crippen molar-refractivity contribution in [2.75, 3.05) is 4.72 Å². The van der Waals surface area contributed by atoms with Gasteiger partial charge in [-0.1, -0.05) is 15.9 Å². The number of halogens is 4. The van der Waals surface area contributed by atoms with E-state index in [-0.39, 0.29) is 10.6 Å². The van der Waals surface area contributed by atoms with E-state index in [1.54, 1.807) is 0 Å². The van der Waals surface area contributed by atoms with Crippen LogP contribution in [0, 0.1) is 10.1 Å². The number of nitrogens with zero attached hydrogens (tertiary/aromatic N) is 1. The fourth-order valence-corrected chi connectivity index (χ4v) is 3.19. The fourth-order valence-electron chi connectivity index (χ4n) is 1.77. The minimum Gasteiger partial charge on any atom is -0.406 e. The molecule has 2 rings (SSSR count). The van der Waals surface area contributed by atoms with Gasteiger partial charge in [-0.2, -0.15) is 0 Å². The Balaban J connectivity index is 2.30. The van der Waals surface area contributed by atoms with Crippen LogP contribution in [-0.2, 0) is 10.0 Å². The summed E-state index contributed by atoms with van der Waals surface area (Å²) in [5, 5.41) is 11.0. The summed E-state index contributed by atoms with van der Waals surface area (Å²) in [6, 6.07) is 7.09. The van der Waals surface area contributed by atoms with E-state index in [9.17, 15) is 31.7 Å². The van der Waals surface area contributed by atoms with Crippen molar-refractivity contribution in [3.8, 4) is 5.75 Å². The molecular formula is C13H8BrF3N2O5S. The normalized spacial score (nSPS) is 11.8. The van der Waals surface area contributed by atoms with Crippen molar-refractivity contribution in [1.29, 1.82) is 0 Å². The molecule has 25 heavy (non-hydrogen) atoms. The van der Waals surface area contributed by atoms with Crippen molar-refractivity contribution in [3.05, 3.63) is 57.1 Å². The van der Waals surface area contributed by atoms with E-state index in [1.165, 1.54) is 12.1 Å². The lowest BCUT2D eigenvalue weighted by atomic mass is 10.3. The van der Waals surface area contributed by atoms with Crippen LogP contribution in [0.1, 0.15) is 0 Å². The molecule has 12 heteroatoms. The fraction of sp³-hybridized carbons (Fsp3) is 0.0769. The zero-order valence-corrected chi connectivity index (χ0v) is 14.4. The number of hydrogen-bond acceptors (Lipinski definition) is 5. The first kappa shape index (κ1) is 19.0. The van der Waals surface area contributed by atoms with Gasteiger partial charge in [0.2, 0.25) is 0 Å². The Labute approximate surface area is 147 Å². The third-order valence-electron chi connectivity index (χ3n) is 2.77. The van der Waals surface area contributed by atoms with Gasteiger partial charge in [0.1, 0.15) is 11.4 Å². The number of nitro groups is 1. The molecule has 0 spiro atoms.